The molecule has 5 nitrogen and oxygen atoms in total. The van der Waals surface area contributed by atoms with Crippen LogP contribution in [0.4, 0.5) is 17.1 Å². The fourth-order valence-electron chi connectivity index (χ4n) is 2.05. The van der Waals surface area contributed by atoms with Gasteiger partial charge in [-0.3, -0.25) is 10.6 Å². The molecule has 0 atom stereocenters. The van der Waals surface area contributed by atoms with Gasteiger partial charge in [0.15, 0.2) is 0 Å². The number of nitrogen functional groups attached to an aromatic ring is 1. The number of aryl methyl sites for hydroxylation is 1. The van der Waals surface area contributed by atoms with E-state index >= 15 is 0 Å². The second kappa shape index (κ2) is 6.28. The quantitative estimate of drug-likeness (QED) is 0.596. The molecule has 21 heavy (non-hydrogen) atoms. The predicted octanol–water partition coefficient (Wildman–Crippen LogP) is 2.60. The highest BCUT2D eigenvalue weighted by molar-refractivity contribution is 6.05. The third-order valence-electron chi connectivity index (χ3n) is 3.28. The van der Waals surface area contributed by atoms with Crippen LogP contribution in [0.25, 0.3) is 0 Å². The minimum atomic E-state index is -0.131. The van der Waals surface area contributed by atoms with Gasteiger partial charge < -0.3 is 15.6 Å². The van der Waals surface area contributed by atoms with Crippen molar-refractivity contribution in [3.8, 4) is 0 Å². The molecule has 110 valence electrons. The number of hydrogen-bond donors (Lipinski definition) is 3. The second-order valence-electron chi connectivity index (χ2n) is 5.07. The molecule has 0 saturated carbocycles. The highest BCUT2D eigenvalue weighted by Crippen LogP contribution is 2.18. The van der Waals surface area contributed by atoms with Crippen molar-refractivity contribution in [1.29, 1.82) is 0 Å². The molecule has 0 radical (unpaired) electrons. The van der Waals surface area contributed by atoms with E-state index in [1.165, 1.54) is 0 Å². The predicted molar refractivity (Wildman–Crippen MR) is 87.7 cm³/mol. The van der Waals surface area contributed by atoms with Gasteiger partial charge in [0.25, 0.3) is 5.91 Å². The molecular weight excluding hydrogens is 264 g/mol. The summed E-state index contributed by atoms with van der Waals surface area (Å²) in [5, 5.41) is 2.89. The molecule has 1 amide bonds. The minimum absolute atomic E-state index is 0.131. The Bertz CT molecular complexity index is 635. The summed E-state index contributed by atoms with van der Waals surface area (Å²) >= 11 is 0. The third-order valence-corrected chi connectivity index (χ3v) is 3.28. The molecule has 0 unspecified atom stereocenters. The van der Waals surface area contributed by atoms with Crippen LogP contribution in [0, 0.1) is 6.92 Å². The van der Waals surface area contributed by atoms with Crippen LogP contribution in [0.15, 0.2) is 42.5 Å². The van der Waals surface area contributed by atoms with Crippen LogP contribution in [0.3, 0.4) is 0 Å². The average molecular weight is 284 g/mol. The normalized spacial score (nSPS) is 10.1. The molecular formula is C16H20N4O. The van der Waals surface area contributed by atoms with Crippen molar-refractivity contribution in [3.63, 3.8) is 0 Å². The standard InChI is InChI=1S/C16H20N4O/c1-11-10-13(19-17)6-9-15(11)16(21)18-12-4-7-14(8-5-12)20(2)3/h4-10,19H,17H2,1-3H3,(H,18,21). The fraction of sp³-hybridized carbons (Fsp3) is 0.188. The molecule has 0 bridgehead atoms. The van der Waals surface area contributed by atoms with Crippen molar-refractivity contribution >= 4 is 23.0 Å². The van der Waals surface area contributed by atoms with Gasteiger partial charge in [-0.15, -0.1) is 0 Å². The van der Waals surface area contributed by atoms with Crippen molar-refractivity contribution in [2.45, 2.75) is 6.92 Å². The molecule has 2 aromatic rings. The molecule has 0 spiro atoms. The lowest BCUT2D eigenvalue weighted by Gasteiger charge is -2.13. The van der Waals surface area contributed by atoms with Crippen LogP contribution in [0.5, 0.6) is 0 Å². The van der Waals surface area contributed by atoms with E-state index in [0.717, 1.165) is 22.6 Å². The van der Waals surface area contributed by atoms with E-state index in [0.29, 0.717) is 5.56 Å². The Hall–Kier alpha value is -2.53. The first-order valence-electron chi connectivity index (χ1n) is 6.67. The maximum Gasteiger partial charge on any atom is 0.255 e. The summed E-state index contributed by atoms with van der Waals surface area (Å²) in [4.78, 5) is 14.3. The van der Waals surface area contributed by atoms with Gasteiger partial charge in [-0.2, -0.15) is 0 Å². The number of benzene rings is 2. The van der Waals surface area contributed by atoms with Gasteiger partial charge in [-0.05, 0) is 55.0 Å². The van der Waals surface area contributed by atoms with Crippen molar-refractivity contribution in [1.82, 2.24) is 0 Å². The summed E-state index contributed by atoms with van der Waals surface area (Å²) in [6.45, 7) is 1.88. The molecule has 0 fully saturated rings. The third kappa shape index (κ3) is 3.52. The van der Waals surface area contributed by atoms with Crippen LogP contribution in [-0.2, 0) is 0 Å². The number of hydrazine groups is 1. The molecule has 0 aliphatic heterocycles. The number of anilines is 3. The summed E-state index contributed by atoms with van der Waals surface area (Å²) in [6.07, 6.45) is 0. The Morgan fingerprint density at radius 1 is 1.05 bits per heavy atom. The number of carbonyl (C=O) groups excluding carboxylic acids is 1. The van der Waals surface area contributed by atoms with Gasteiger partial charge in [0.05, 0.1) is 0 Å². The lowest BCUT2D eigenvalue weighted by Crippen LogP contribution is -2.14. The molecule has 2 rings (SSSR count). The summed E-state index contributed by atoms with van der Waals surface area (Å²) in [6, 6.07) is 13.1. The number of amides is 1. The van der Waals surface area contributed by atoms with Crippen LogP contribution in [0.2, 0.25) is 0 Å². The van der Waals surface area contributed by atoms with Crippen molar-refractivity contribution in [2.75, 3.05) is 29.7 Å². The number of nitrogens with two attached hydrogens (primary N) is 1. The van der Waals surface area contributed by atoms with Crippen LogP contribution >= 0.6 is 0 Å². The zero-order chi connectivity index (χ0) is 15.4. The van der Waals surface area contributed by atoms with Crippen LogP contribution in [-0.4, -0.2) is 20.0 Å². The molecule has 5 heteroatoms. The van der Waals surface area contributed by atoms with E-state index in [2.05, 4.69) is 10.7 Å². The number of nitrogens with one attached hydrogen (secondary N) is 2. The van der Waals surface area contributed by atoms with Gasteiger partial charge in [0.1, 0.15) is 0 Å². The topological polar surface area (TPSA) is 70.4 Å². The maximum absolute atomic E-state index is 12.3. The Morgan fingerprint density at radius 2 is 1.67 bits per heavy atom. The first-order valence-corrected chi connectivity index (χ1v) is 6.67. The van der Waals surface area contributed by atoms with E-state index in [1.54, 1.807) is 12.1 Å². The van der Waals surface area contributed by atoms with Gasteiger partial charge in [0, 0.05) is 36.7 Å². The van der Waals surface area contributed by atoms with Gasteiger partial charge in [0.2, 0.25) is 0 Å². The fourth-order valence-corrected chi connectivity index (χ4v) is 2.05. The van der Waals surface area contributed by atoms with E-state index in [1.807, 2.05) is 56.3 Å². The number of nitrogens with zero attached hydrogens (tertiary/aromatic N) is 1. The summed E-state index contributed by atoms with van der Waals surface area (Å²) in [5.41, 5.74) is 6.70. The SMILES string of the molecule is Cc1cc(NN)ccc1C(=O)Nc1ccc(N(C)C)cc1. The molecule has 2 aromatic carbocycles. The Labute approximate surface area is 124 Å². The molecule has 0 aliphatic carbocycles. The number of rotatable bonds is 4. The first kappa shape index (κ1) is 14.9. The van der Waals surface area contributed by atoms with Gasteiger partial charge in [-0.25, -0.2) is 0 Å². The van der Waals surface area contributed by atoms with Crippen molar-refractivity contribution in [3.05, 3.63) is 53.6 Å². The zero-order valence-electron chi connectivity index (χ0n) is 12.5. The molecule has 0 aromatic heterocycles. The van der Waals surface area contributed by atoms with E-state index in [-0.39, 0.29) is 5.91 Å². The molecule has 0 aliphatic rings. The van der Waals surface area contributed by atoms with Gasteiger partial charge in [-0.1, -0.05) is 0 Å². The highest BCUT2D eigenvalue weighted by atomic mass is 16.1. The van der Waals surface area contributed by atoms with Crippen molar-refractivity contribution in [2.24, 2.45) is 5.84 Å². The summed E-state index contributed by atoms with van der Waals surface area (Å²) in [7, 11) is 3.95. The average Bonchev–Trinajstić information content (AvgIpc) is 2.47. The second-order valence-corrected chi connectivity index (χ2v) is 5.07. The largest absolute Gasteiger partial charge is 0.378 e. The Kier molecular flexibility index (Phi) is 4.45. The highest BCUT2D eigenvalue weighted by Gasteiger charge is 2.09. The van der Waals surface area contributed by atoms with E-state index in [9.17, 15) is 4.79 Å². The molecule has 4 N–H and O–H groups in total. The van der Waals surface area contributed by atoms with E-state index < -0.39 is 0 Å². The lowest BCUT2D eigenvalue weighted by atomic mass is 10.1. The first-order chi connectivity index (χ1) is 10.0. The maximum atomic E-state index is 12.3. The minimum Gasteiger partial charge on any atom is -0.378 e. The zero-order valence-corrected chi connectivity index (χ0v) is 12.5. The number of hydrogen-bond acceptors (Lipinski definition) is 4. The lowest BCUT2D eigenvalue weighted by molar-refractivity contribution is 0.102. The summed E-state index contributed by atoms with van der Waals surface area (Å²) in [5.74, 6) is 5.22. The van der Waals surface area contributed by atoms with Crippen LogP contribution in [0.1, 0.15) is 15.9 Å². The summed E-state index contributed by atoms with van der Waals surface area (Å²) < 4.78 is 0. The number of carbonyl (C=O) groups is 1. The van der Waals surface area contributed by atoms with Gasteiger partial charge >= 0.3 is 0 Å². The van der Waals surface area contributed by atoms with Crippen molar-refractivity contribution < 1.29 is 4.79 Å². The Morgan fingerprint density at radius 3 is 2.19 bits per heavy atom. The smallest absolute Gasteiger partial charge is 0.255 e. The molecule has 0 saturated heterocycles. The molecule has 0 heterocycles. The Balaban J connectivity index is 2.14. The monoisotopic (exact) mass is 284 g/mol. The van der Waals surface area contributed by atoms with Crippen LogP contribution < -0.4 is 21.5 Å². The van der Waals surface area contributed by atoms with E-state index in [4.69, 9.17) is 5.84 Å².